The summed E-state index contributed by atoms with van der Waals surface area (Å²) in [6, 6.07) is 0. The van der Waals surface area contributed by atoms with Crippen molar-refractivity contribution in [3.05, 3.63) is 22.9 Å². The van der Waals surface area contributed by atoms with Gasteiger partial charge in [0, 0.05) is 18.0 Å². The number of nitrogens with zero attached hydrogens (tertiary/aromatic N) is 1. The summed E-state index contributed by atoms with van der Waals surface area (Å²) in [5, 5.41) is 7.08. The monoisotopic (exact) mass is 179 g/mol. The van der Waals surface area contributed by atoms with E-state index in [0.717, 1.165) is 16.7 Å². The maximum atomic E-state index is 7.08. The van der Waals surface area contributed by atoms with Crippen LogP contribution in [-0.4, -0.2) is 11.2 Å². The molecular weight excluding hydrogens is 162 g/mol. The number of nitrogens with two attached hydrogens (primary N) is 1. The maximum Gasteiger partial charge on any atom is 0.132 e. The third kappa shape index (κ3) is 2.54. The Morgan fingerprint density at radius 3 is 2.31 bits per heavy atom. The van der Waals surface area contributed by atoms with Crippen molar-refractivity contribution in [2.24, 2.45) is 0 Å². The fraction of sp³-hybridized carbons (Fsp3) is 0.400. The van der Waals surface area contributed by atoms with Crippen LogP contribution in [0.1, 0.15) is 30.5 Å². The van der Waals surface area contributed by atoms with Gasteiger partial charge in [0.2, 0.25) is 0 Å². The van der Waals surface area contributed by atoms with Gasteiger partial charge in [0.25, 0.3) is 0 Å². The van der Waals surface area contributed by atoms with Crippen LogP contribution in [0.5, 0.6) is 0 Å². The topological polar surface area (TPSA) is 62.8 Å². The van der Waals surface area contributed by atoms with E-state index in [1.807, 2.05) is 27.7 Å². The quantitative estimate of drug-likeness (QED) is 0.650. The lowest BCUT2D eigenvalue weighted by molar-refractivity contribution is 1.21. The third-order valence-corrected chi connectivity index (χ3v) is 1.81. The van der Waals surface area contributed by atoms with E-state index in [-0.39, 0.29) is 0 Å². The molecule has 0 aliphatic heterocycles. The van der Waals surface area contributed by atoms with Crippen LogP contribution in [0.4, 0.5) is 5.82 Å². The normalized spacial score (nSPS) is 8.62. The van der Waals surface area contributed by atoms with Gasteiger partial charge in [-0.2, -0.15) is 0 Å². The molecule has 0 saturated heterocycles. The molecule has 1 rings (SSSR count). The fourth-order valence-electron chi connectivity index (χ4n) is 0.919. The van der Waals surface area contributed by atoms with Crippen molar-refractivity contribution in [1.82, 2.24) is 4.98 Å². The standard InChI is InChI=1S/C8H11N3.C2H6/c1-5-4-11-8(10)7(3-9)6(5)2;1-2/h3-4,9H,1-2H3,(H2,10,11);1-2H3. The summed E-state index contributed by atoms with van der Waals surface area (Å²) in [7, 11) is 0. The van der Waals surface area contributed by atoms with Crippen LogP contribution in [-0.2, 0) is 0 Å². The van der Waals surface area contributed by atoms with Gasteiger partial charge in [0.1, 0.15) is 5.82 Å². The van der Waals surface area contributed by atoms with Crippen molar-refractivity contribution in [2.75, 3.05) is 5.73 Å². The molecule has 1 aromatic heterocycles. The minimum atomic E-state index is 0.433. The Morgan fingerprint density at radius 2 is 1.92 bits per heavy atom. The highest BCUT2D eigenvalue weighted by molar-refractivity contribution is 5.85. The third-order valence-electron chi connectivity index (χ3n) is 1.81. The number of rotatable bonds is 1. The Balaban J connectivity index is 0.000000671. The lowest BCUT2D eigenvalue weighted by Gasteiger charge is -2.04. The van der Waals surface area contributed by atoms with E-state index in [9.17, 15) is 0 Å². The molecule has 3 heteroatoms. The summed E-state index contributed by atoms with van der Waals surface area (Å²) in [6.07, 6.45) is 2.96. The molecule has 0 amide bonds. The van der Waals surface area contributed by atoms with Gasteiger partial charge in [-0.05, 0) is 25.0 Å². The highest BCUT2D eigenvalue weighted by Crippen LogP contribution is 2.14. The first-order chi connectivity index (χ1) is 6.16. The molecule has 0 unspecified atom stereocenters. The first-order valence-electron chi connectivity index (χ1n) is 4.39. The first-order valence-corrected chi connectivity index (χ1v) is 4.39. The van der Waals surface area contributed by atoms with E-state index in [1.54, 1.807) is 6.20 Å². The predicted octanol–water partition coefficient (Wildman–Crippen LogP) is 2.30. The lowest BCUT2D eigenvalue weighted by atomic mass is 10.1. The molecule has 0 spiro atoms. The van der Waals surface area contributed by atoms with Crippen molar-refractivity contribution >= 4 is 12.0 Å². The summed E-state index contributed by atoms with van der Waals surface area (Å²) in [6.45, 7) is 7.89. The van der Waals surface area contributed by atoms with Crippen molar-refractivity contribution < 1.29 is 0 Å². The second-order valence-corrected chi connectivity index (χ2v) is 2.51. The molecule has 0 saturated carbocycles. The van der Waals surface area contributed by atoms with Gasteiger partial charge in [-0.25, -0.2) is 4.98 Å². The molecule has 0 aliphatic rings. The van der Waals surface area contributed by atoms with Crippen LogP contribution in [0.2, 0.25) is 0 Å². The molecule has 0 bridgehead atoms. The second kappa shape index (κ2) is 5.30. The Kier molecular flexibility index (Phi) is 4.74. The van der Waals surface area contributed by atoms with E-state index in [2.05, 4.69) is 4.98 Å². The van der Waals surface area contributed by atoms with E-state index in [4.69, 9.17) is 11.1 Å². The average Bonchev–Trinajstić information content (AvgIpc) is 2.16. The van der Waals surface area contributed by atoms with E-state index in [0.29, 0.717) is 5.82 Å². The number of nitrogens with one attached hydrogen (secondary N) is 1. The molecule has 1 aromatic rings. The van der Waals surface area contributed by atoms with Crippen LogP contribution < -0.4 is 5.73 Å². The number of aromatic nitrogens is 1. The lowest BCUT2D eigenvalue weighted by Crippen LogP contribution is -2.00. The van der Waals surface area contributed by atoms with Gasteiger partial charge in [0.15, 0.2) is 0 Å². The molecule has 1 heterocycles. The van der Waals surface area contributed by atoms with Gasteiger partial charge >= 0.3 is 0 Å². The first kappa shape index (κ1) is 11.6. The summed E-state index contributed by atoms with van der Waals surface area (Å²) < 4.78 is 0. The van der Waals surface area contributed by atoms with Crippen LogP contribution in [0.15, 0.2) is 6.20 Å². The zero-order valence-electron chi connectivity index (χ0n) is 8.68. The van der Waals surface area contributed by atoms with E-state index < -0.39 is 0 Å². The SMILES string of the molecule is CC.Cc1cnc(N)c(C=N)c1C. The van der Waals surface area contributed by atoms with E-state index >= 15 is 0 Å². The second-order valence-electron chi connectivity index (χ2n) is 2.51. The predicted molar refractivity (Wildman–Crippen MR) is 57.4 cm³/mol. The molecule has 3 N–H and O–H groups in total. The van der Waals surface area contributed by atoms with Crippen LogP contribution in [0.3, 0.4) is 0 Å². The summed E-state index contributed by atoms with van der Waals surface area (Å²) in [4.78, 5) is 3.94. The number of aryl methyl sites for hydroxylation is 1. The zero-order valence-corrected chi connectivity index (χ0v) is 8.68. The number of pyridine rings is 1. The summed E-state index contributed by atoms with van der Waals surface area (Å²) in [5.74, 6) is 0.433. The van der Waals surface area contributed by atoms with Crippen LogP contribution in [0.25, 0.3) is 0 Å². The van der Waals surface area contributed by atoms with Crippen molar-refractivity contribution in [2.45, 2.75) is 27.7 Å². The maximum absolute atomic E-state index is 7.08. The van der Waals surface area contributed by atoms with Gasteiger partial charge in [-0.1, -0.05) is 13.8 Å². The molecule has 0 atom stereocenters. The number of hydrogen-bond donors (Lipinski definition) is 2. The van der Waals surface area contributed by atoms with Crippen molar-refractivity contribution in [1.29, 1.82) is 5.41 Å². The molecular formula is C10H17N3. The largest absolute Gasteiger partial charge is 0.383 e. The van der Waals surface area contributed by atoms with Crippen molar-refractivity contribution in [3.8, 4) is 0 Å². The molecule has 0 fully saturated rings. The molecule has 72 valence electrons. The molecule has 0 aliphatic carbocycles. The number of hydrogen-bond acceptors (Lipinski definition) is 3. The Bertz CT molecular complexity index is 292. The number of nitrogen functional groups attached to an aromatic ring is 1. The highest BCUT2D eigenvalue weighted by atomic mass is 14.8. The molecule has 0 radical (unpaired) electrons. The van der Waals surface area contributed by atoms with Gasteiger partial charge in [0.05, 0.1) is 0 Å². The average molecular weight is 179 g/mol. The van der Waals surface area contributed by atoms with Crippen LogP contribution >= 0.6 is 0 Å². The molecule has 0 aromatic carbocycles. The van der Waals surface area contributed by atoms with Gasteiger partial charge < -0.3 is 11.1 Å². The molecule has 3 nitrogen and oxygen atoms in total. The molecule has 13 heavy (non-hydrogen) atoms. The van der Waals surface area contributed by atoms with Crippen LogP contribution in [0, 0.1) is 19.3 Å². The van der Waals surface area contributed by atoms with Crippen molar-refractivity contribution in [3.63, 3.8) is 0 Å². The van der Waals surface area contributed by atoms with Gasteiger partial charge in [-0.3, -0.25) is 0 Å². The van der Waals surface area contributed by atoms with Gasteiger partial charge in [-0.15, -0.1) is 0 Å². The minimum Gasteiger partial charge on any atom is -0.383 e. The smallest absolute Gasteiger partial charge is 0.132 e. The summed E-state index contributed by atoms with van der Waals surface area (Å²) >= 11 is 0. The Morgan fingerprint density at radius 1 is 1.38 bits per heavy atom. The Labute approximate surface area is 79.5 Å². The highest BCUT2D eigenvalue weighted by Gasteiger charge is 2.02. The zero-order chi connectivity index (χ0) is 10.4. The minimum absolute atomic E-state index is 0.433. The fourth-order valence-corrected chi connectivity index (χ4v) is 0.919. The Hall–Kier alpha value is -1.38. The number of anilines is 1. The summed E-state index contributed by atoms with van der Waals surface area (Å²) in [5.41, 5.74) is 8.37. The van der Waals surface area contributed by atoms with E-state index in [1.165, 1.54) is 6.21 Å².